The van der Waals surface area contributed by atoms with Crippen LogP contribution in [-0.4, -0.2) is 41.6 Å². The van der Waals surface area contributed by atoms with Crippen LogP contribution >= 0.6 is 0 Å². The second kappa shape index (κ2) is 6.46. The number of anilines is 1. The topological polar surface area (TPSA) is 49.9 Å². The smallest absolute Gasteiger partial charge is 0.415 e. The third-order valence-corrected chi connectivity index (χ3v) is 4.52. The lowest BCUT2D eigenvalue weighted by Gasteiger charge is -2.33. The van der Waals surface area contributed by atoms with Crippen molar-refractivity contribution >= 4 is 17.7 Å². The quantitative estimate of drug-likeness (QED) is 0.793. The van der Waals surface area contributed by atoms with E-state index in [1.807, 2.05) is 49.9 Å². The monoisotopic (exact) mass is 330 g/mol. The van der Waals surface area contributed by atoms with Crippen LogP contribution in [0, 0.1) is 0 Å². The maximum Gasteiger partial charge on any atom is 0.415 e. The number of carbonyl (C=O) groups is 2. The Morgan fingerprint density at radius 2 is 1.75 bits per heavy atom. The van der Waals surface area contributed by atoms with Crippen LogP contribution in [0.3, 0.4) is 0 Å². The minimum atomic E-state index is -0.590. The summed E-state index contributed by atoms with van der Waals surface area (Å²) in [6, 6.07) is 7.22. The molecule has 1 fully saturated rings. The summed E-state index contributed by atoms with van der Waals surface area (Å²) < 4.78 is 5.56. The van der Waals surface area contributed by atoms with Gasteiger partial charge in [0.1, 0.15) is 11.6 Å². The Morgan fingerprint density at radius 1 is 1.08 bits per heavy atom. The first-order chi connectivity index (χ1) is 11.4. The van der Waals surface area contributed by atoms with Crippen LogP contribution in [0.25, 0.3) is 0 Å². The number of nitrogens with zero attached hydrogens (tertiary/aromatic N) is 2. The standard InChI is InChI=1S/C19H26N2O3/c1-19(2,3)24-18(23)21-15-10-6-5-9-14(15)13-16(21)17(22)20-11-7-4-8-12-20/h5-6,9-10,16H,4,7-8,11-13H2,1-3H3. The summed E-state index contributed by atoms with van der Waals surface area (Å²) in [5.74, 6) is 0.0387. The lowest BCUT2D eigenvalue weighted by Crippen LogP contribution is -2.52. The molecule has 0 aliphatic carbocycles. The molecule has 0 N–H and O–H groups in total. The molecule has 1 atom stereocenters. The number of hydrogen-bond acceptors (Lipinski definition) is 3. The second-order valence-corrected chi connectivity index (χ2v) is 7.58. The first-order valence-corrected chi connectivity index (χ1v) is 8.76. The maximum absolute atomic E-state index is 13.0. The average Bonchev–Trinajstić information content (AvgIpc) is 2.93. The van der Waals surface area contributed by atoms with Crippen LogP contribution in [0.4, 0.5) is 10.5 Å². The summed E-state index contributed by atoms with van der Waals surface area (Å²) in [4.78, 5) is 29.2. The van der Waals surface area contributed by atoms with Gasteiger partial charge in [-0.3, -0.25) is 9.69 Å². The molecule has 130 valence electrons. The van der Waals surface area contributed by atoms with Gasteiger partial charge >= 0.3 is 6.09 Å². The van der Waals surface area contributed by atoms with Gasteiger partial charge in [0.05, 0.1) is 5.69 Å². The normalized spacial score (nSPS) is 20.7. The largest absolute Gasteiger partial charge is 0.443 e. The van der Waals surface area contributed by atoms with Crippen molar-refractivity contribution < 1.29 is 14.3 Å². The van der Waals surface area contributed by atoms with Crippen LogP contribution in [0.5, 0.6) is 0 Å². The van der Waals surface area contributed by atoms with E-state index in [0.29, 0.717) is 6.42 Å². The summed E-state index contributed by atoms with van der Waals surface area (Å²) in [5, 5.41) is 0. The highest BCUT2D eigenvalue weighted by Gasteiger charge is 2.42. The van der Waals surface area contributed by atoms with Gasteiger partial charge in [0.2, 0.25) is 5.91 Å². The summed E-state index contributed by atoms with van der Waals surface area (Å²) in [7, 11) is 0. The molecular weight excluding hydrogens is 304 g/mol. The van der Waals surface area contributed by atoms with E-state index < -0.39 is 17.7 Å². The number of para-hydroxylation sites is 1. The van der Waals surface area contributed by atoms with E-state index in [-0.39, 0.29) is 5.91 Å². The molecular formula is C19H26N2O3. The summed E-state index contributed by atoms with van der Waals surface area (Å²) in [6.45, 7) is 7.10. The molecule has 2 amide bonds. The van der Waals surface area contributed by atoms with Crippen LogP contribution in [0.15, 0.2) is 24.3 Å². The van der Waals surface area contributed by atoms with Crippen molar-refractivity contribution in [2.24, 2.45) is 0 Å². The number of likely N-dealkylation sites (tertiary alicyclic amines) is 1. The summed E-state index contributed by atoms with van der Waals surface area (Å²) in [6.07, 6.45) is 3.37. The highest BCUT2D eigenvalue weighted by Crippen LogP contribution is 2.34. The van der Waals surface area contributed by atoms with Crippen molar-refractivity contribution in [1.82, 2.24) is 4.90 Å². The average molecular weight is 330 g/mol. The molecule has 2 aliphatic heterocycles. The predicted octanol–water partition coefficient (Wildman–Crippen LogP) is 3.37. The number of carbonyl (C=O) groups excluding carboxylic acids is 2. The fraction of sp³-hybridized carbons (Fsp3) is 0.579. The number of amides is 2. The minimum absolute atomic E-state index is 0.0387. The highest BCUT2D eigenvalue weighted by molar-refractivity contribution is 6.00. The third-order valence-electron chi connectivity index (χ3n) is 4.52. The molecule has 0 radical (unpaired) electrons. The molecule has 5 nitrogen and oxygen atoms in total. The maximum atomic E-state index is 13.0. The molecule has 1 aromatic rings. The molecule has 3 rings (SSSR count). The lowest BCUT2D eigenvalue weighted by molar-refractivity contribution is -0.133. The predicted molar refractivity (Wildman–Crippen MR) is 93.1 cm³/mol. The highest BCUT2D eigenvalue weighted by atomic mass is 16.6. The van der Waals surface area contributed by atoms with Crippen molar-refractivity contribution in [2.75, 3.05) is 18.0 Å². The van der Waals surface area contributed by atoms with E-state index in [1.54, 1.807) is 4.90 Å². The van der Waals surface area contributed by atoms with Gasteiger partial charge in [-0.25, -0.2) is 4.79 Å². The molecule has 1 saturated heterocycles. The molecule has 0 spiro atoms. The Balaban J connectivity index is 1.87. The van der Waals surface area contributed by atoms with Crippen LogP contribution in [-0.2, 0) is 16.0 Å². The van der Waals surface area contributed by atoms with Crippen molar-refractivity contribution in [3.63, 3.8) is 0 Å². The van der Waals surface area contributed by atoms with Gasteiger partial charge in [0.25, 0.3) is 0 Å². The van der Waals surface area contributed by atoms with E-state index in [9.17, 15) is 9.59 Å². The molecule has 5 heteroatoms. The van der Waals surface area contributed by atoms with Gasteiger partial charge in [-0.05, 0) is 51.7 Å². The number of hydrogen-bond donors (Lipinski definition) is 0. The van der Waals surface area contributed by atoms with Gasteiger partial charge in [-0.15, -0.1) is 0 Å². The first kappa shape index (κ1) is 16.8. The number of rotatable bonds is 1. The zero-order chi connectivity index (χ0) is 17.3. The zero-order valence-electron chi connectivity index (χ0n) is 14.7. The van der Waals surface area contributed by atoms with Gasteiger partial charge in [-0.1, -0.05) is 18.2 Å². The van der Waals surface area contributed by atoms with Crippen molar-refractivity contribution in [2.45, 2.75) is 58.1 Å². The minimum Gasteiger partial charge on any atom is -0.443 e. The summed E-state index contributed by atoms with van der Waals surface area (Å²) in [5.41, 5.74) is 1.23. The van der Waals surface area contributed by atoms with Crippen molar-refractivity contribution in [1.29, 1.82) is 0 Å². The lowest BCUT2D eigenvalue weighted by atomic mass is 10.1. The van der Waals surface area contributed by atoms with Crippen molar-refractivity contribution in [3.8, 4) is 0 Å². The van der Waals surface area contributed by atoms with Gasteiger partial charge in [-0.2, -0.15) is 0 Å². The second-order valence-electron chi connectivity index (χ2n) is 7.58. The fourth-order valence-corrected chi connectivity index (χ4v) is 3.45. The zero-order valence-corrected chi connectivity index (χ0v) is 14.7. The molecule has 24 heavy (non-hydrogen) atoms. The Hall–Kier alpha value is -2.04. The van der Waals surface area contributed by atoms with Gasteiger partial charge < -0.3 is 9.64 Å². The summed E-state index contributed by atoms with van der Waals surface area (Å²) >= 11 is 0. The van der Waals surface area contributed by atoms with E-state index in [2.05, 4.69) is 0 Å². The number of benzene rings is 1. The van der Waals surface area contributed by atoms with Gasteiger partial charge in [0, 0.05) is 19.5 Å². The molecule has 1 aromatic carbocycles. The van der Waals surface area contributed by atoms with Crippen LogP contribution in [0.1, 0.15) is 45.6 Å². The Bertz CT molecular complexity index is 630. The Morgan fingerprint density at radius 3 is 2.42 bits per heavy atom. The number of piperidine rings is 1. The van der Waals surface area contributed by atoms with Crippen LogP contribution < -0.4 is 4.90 Å². The van der Waals surface area contributed by atoms with Crippen molar-refractivity contribution in [3.05, 3.63) is 29.8 Å². The molecule has 0 bridgehead atoms. The number of ether oxygens (including phenoxy) is 1. The Kier molecular flexibility index (Phi) is 4.52. The van der Waals surface area contributed by atoms with E-state index >= 15 is 0 Å². The molecule has 2 aliphatic rings. The fourth-order valence-electron chi connectivity index (χ4n) is 3.45. The SMILES string of the molecule is CC(C)(C)OC(=O)N1c2ccccc2CC1C(=O)N1CCCCC1. The van der Waals surface area contributed by atoms with E-state index in [1.165, 1.54) is 6.42 Å². The molecule has 1 unspecified atom stereocenters. The molecule has 0 aromatic heterocycles. The number of fused-ring (bicyclic) bond motifs is 1. The Labute approximate surface area is 143 Å². The van der Waals surface area contributed by atoms with E-state index in [0.717, 1.165) is 37.2 Å². The first-order valence-electron chi connectivity index (χ1n) is 8.76. The molecule has 2 heterocycles. The van der Waals surface area contributed by atoms with E-state index in [4.69, 9.17) is 4.74 Å². The van der Waals surface area contributed by atoms with Gasteiger partial charge in [0.15, 0.2) is 0 Å². The molecule has 0 saturated carbocycles. The third kappa shape index (κ3) is 3.40. The van der Waals surface area contributed by atoms with Crippen LogP contribution in [0.2, 0.25) is 0 Å².